The largest absolute Gasteiger partial charge is 0.355 e. The van der Waals surface area contributed by atoms with Crippen molar-refractivity contribution in [1.82, 2.24) is 4.90 Å². The van der Waals surface area contributed by atoms with Crippen LogP contribution in [-0.4, -0.2) is 30.4 Å². The molecule has 0 aromatic heterocycles. The van der Waals surface area contributed by atoms with Gasteiger partial charge in [0.05, 0.1) is 0 Å². The molecule has 2 nitrogen and oxygen atoms in total. The van der Waals surface area contributed by atoms with Crippen LogP contribution in [0, 0.1) is 0 Å². The van der Waals surface area contributed by atoms with E-state index in [0.717, 1.165) is 10.8 Å². The number of benzene rings is 1. The van der Waals surface area contributed by atoms with Crippen LogP contribution in [0.25, 0.3) is 0 Å². The summed E-state index contributed by atoms with van der Waals surface area (Å²) in [4.78, 5) is 3.11. The van der Waals surface area contributed by atoms with Crippen LogP contribution in [-0.2, 0) is 0 Å². The zero-order valence-corrected chi connectivity index (χ0v) is 10.2. The highest BCUT2D eigenvalue weighted by atomic mass is 32.2. The number of hydrogen-bond donors (Lipinski definition) is 1. The van der Waals surface area contributed by atoms with Crippen molar-refractivity contribution in [3.05, 3.63) is 24.3 Å². The van der Waals surface area contributed by atoms with Gasteiger partial charge in [-0.15, -0.1) is 11.8 Å². The molecule has 1 N–H and O–H groups in total. The minimum absolute atomic E-state index is 0.725. The fraction of sp³-hybridized carbons (Fsp3) is 0.300. The van der Waals surface area contributed by atoms with Crippen molar-refractivity contribution in [2.45, 2.75) is 4.90 Å². The van der Waals surface area contributed by atoms with Crippen molar-refractivity contribution in [2.75, 3.05) is 25.7 Å². The number of rotatable bonds is 2. The average molecular weight is 226 g/mol. The van der Waals surface area contributed by atoms with E-state index >= 15 is 0 Å². The first-order chi connectivity index (χ1) is 6.63. The van der Waals surface area contributed by atoms with Crippen LogP contribution in [0.15, 0.2) is 29.2 Å². The van der Waals surface area contributed by atoms with Crippen LogP contribution in [0.4, 0.5) is 5.69 Å². The van der Waals surface area contributed by atoms with Gasteiger partial charge in [0.25, 0.3) is 0 Å². The molecule has 0 amide bonds. The van der Waals surface area contributed by atoms with Crippen molar-refractivity contribution < 1.29 is 0 Å². The summed E-state index contributed by atoms with van der Waals surface area (Å²) in [5.41, 5.74) is 1.04. The van der Waals surface area contributed by atoms with E-state index in [-0.39, 0.29) is 0 Å². The lowest BCUT2D eigenvalue weighted by atomic mass is 10.3. The molecule has 0 aliphatic heterocycles. The molecular formula is C10H14N2S2. The Morgan fingerprint density at radius 3 is 2.71 bits per heavy atom. The van der Waals surface area contributed by atoms with Gasteiger partial charge in [0.15, 0.2) is 5.11 Å². The van der Waals surface area contributed by atoms with E-state index in [1.165, 1.54) is 4.90 Å². The standard InChI is InChI=1S/C10H14N2S2/c1-12(2)10(13)11-8-5-4-6-9(7-8)14-3/h4-7H,1-3H3,(H,11,13). The summed E-state index contributed by atoms with van der Waals surface area (Å²) in [6.07, 6.45) is 2.06. The summed E-state index contributed by atoms with van der Waals surface area (Å²) in [5, 5.41) is 3.89. The molecule has 0 aliphatic rings. The molecule has 14 heavy (non-hydrogen) atoms. The molecule has 1 rings (SSSR count). The highest BCUT2D eigenvalue weighted by Gasteiger charge is 1.99. The molecule has 0 fully saturated rings. The Hall–Kier alpha value is -0.740. The van der Waals surface area contributed by atoms with E-state index in [2.05, 4.69) is 23.7 Å². The van der Waals surface area contributed by atoms with Crippen molar-refractivity contribution in [3.63, 3.8) is 0 Å². The molecule has 0 spiro atoms. The Morgan fingerprint density at radius 2 is 2.14 bits per heavy atom. The second-order valence-electron chi connectivity index (χ2n) is 3.06. The normalized spacial score (nSPS) is 9.64. The molecule has 0 radical (unpaired) electrons. The number of anilines is 1. The van der Waals surface area contributed by atoms with Gasteiger partial charge in [-0.3, -0.25) is 0 Å². The Kier molecular flexibility index (Phi) is 4.22. The monoisotopic (exact) mass is 226 g/mol. The smallest absolute Gasteiger partial charge is 0.172 e. The molecular weight excluding hydrogens is 212 g/mol. The summed E-state index contributed by atoms with van der Waals surface area (Å²) >= 11 is 6.87. The lowest BCUT2D eigenvalue weighted by molar-refractivity contribution is 0.634. The van der Waals surface area contributed by atoms with Crippen molar-refractivity contribution >= 4 is 34.8 Å². The summed E-state index contributed by atoms with van der Waals surface area (Å²) in [6.45, 7) is 0. The highest BCUT2D eigenvalue weighted by Crippen LogP contribution is 2.18. The Labute approximate surface area is 94.7 Å². The first kappa shape index (κ1) is 11.3. The van der Waals surface area contributed by atoms with E-state index in [9.17, 15) is 0 Å². The molecule has 0 bridgehead atoms. The van der Waals surface area contributed by atoms with Crippen molar-refractivity contribution in [1.29, 1.82) is 0 Å². The van der Waals surface area contributed by atoms with E-state index in [1.807, 2.05) is 31.1 Å². The van der Waals surface area contributed by atoms with Gasteiger partial charge in [-0.1, -0.05) is 6.07 Å². The van der Waals surface area contributed by atoms with Crippen LogP contribution >= 0.6 is 24.0 Å². The van der Waals surface area contributed by atoms with E-state index < -0.39 is 0 Å². The van der Waals surface area contributed by atoms with Gasteiger partial charge >= 0.3 is 0 Å². The van der Waals surface area contributed by atoms with Crippen LogP contribution in [0.3, 0.4) is 0 Å². The molecule has 0 saturated carbocycles. The number of thioether (sulfide) groups is 1. The molecule has 76 valence electrons. The quantitative estimate of drug-likeness (QED) is 0.616. The molecule has 0 saturated heterocycles. The second kappa shape index (κ2) is 5.22. The minimum Gasteiger partial charge on any atom is -0.355 e. The maximum Gasteiger partial charge on any atom is 0.172 e. The highest BCUT2D eigenvalue weighted by molar-refractivity contribution is 7.98. The summed E-state index contributed by atoms with van der Waals surface area (Å²) < 4.78 is 0. The lowest BCUT2D eigenvalue weighted by Gasteiger charge is -2.15. The van der Waals surface area contributed by atoms with Gasteiger partial charge in [-0.05, 0) is 36.7 Å². The number of nitrogens with zero attached hydrogens (tertiary/aromatic N) is 1. The third kappa shape index (κ3) is 3.20. The van der Waals surface area contributed by atoms with Crippen LogP contribution in [0.2, 0.25) is 0 Å². The zero-order chi connectivity index (χ0) is 10.6. The third-order valence-corrected chi connectivity index (χ3v) is 2.92. The maximum absolute atomic E-state index is 5.15. The van der Waals surface area contributed by atoms with Crippen LogP contribution < -0.4 is 5.32 Å². The van der Waals surface area contributed by atoms with Crippen LogP contribution in [0.1, 0.15) is 0 Å². The van der Waals surface area contributed by atoms with Gasteiger partial charge in [0, 0.05) is 24.7 Å². The molecule has 0 atom stereocenters. The average Bonchev–Trinajstić information content (AvgIpc) is 2.18. The fourth-order valence-electron chi connectivity index (χ4n) is 0.936. The summed E-state index contributed by atoms with van der Waals surface area (Å²) in [6, 6.07) is 8.19. The molecule has 1 aromatic carbocycles. The van der Waals surface area contributed by atoms with Crippen LogP contribution in [0.5, 0.6) is 0 Å². The van der Waals surface area contributed by atoms with Gasteiger partial charge in [-0.25, -0.2) is 0 Å². The molecule has 0 heterocycles. The van der Waals surface area contributed by atoms with E-state index in [1.54, 1.807) is 11.8 Å². The fourth-order valence-corrected chi connectivity index (χ4v) is 1.51. The first-order valence-electron chi connectivity index (χ1n) is 4.26. The Balaban J connectivity index is 2.72. The zero-order valence-electron chi connectivity index (χ0n) is 8.57. The number of nitrogens with one attached hydrogen (secondary N) is 1. The number of hydrogen-bond acceptors (Lipinski definition) is 2. The van der Waals surface area contributed by atoms with Crippen molar-refractivity contribution in [2.24, 2.45) is 0 Å². The topological polar surface area (TPSA) is 15.3 Å². The molecule has 0 unspecified atom stereocenters. The van der Waals surface area contributed by atoms with Gasteiger partial charge in [0.1, 0.15) is 0 Å². The lowest BCUT2D eigenvalue weighted by Crippen LogP contribution is -2.26. The SMILES string of the molecule is CSc1cccc(NC(=S)N(C)C)c1. The Morgan fingerprint density at radius 1 is 1.43 bits per heavy atom. The minimum atomic E-state index is 0.725. The van der Waals surface area contributed by atoms with Gasteiger partial charge in [-0.2, -0.15) is 0 Å². The van der Waals surface area contributed by atoms with Crippen molar-refractivity contribution in [3.8, 4) is 0 Å². The summed E-state index contributed by atoms with van der Waals surface area (Å²) in [7, 11) is 3.85. The summed E-state index contributed by atoms with van der Waals surface area (Å²) in [5.74, 6) is 0. The maximum atomic E-state index is 5.15. The predicted molar refractivity (Wildman–Crippen MR) is 68.1 cm³/mol. The molecule has 4 heteroatoms. The molecule has 1 aromatic rings. The predicted octanol–water partition coefficient (Wildman–Crippen LogP) is 2.67. The van der Waals surface area contributed by atoms with E-state index in [4.69, 9.17) is 12.2 Å². The third-order valence-electron chi connectivity index (χ3n) is 1.73. The first-order valence-corrected chi connectivity index (χ1v) is 5.89. The molecule has 0 aliphatic carbocycles. The number of thiocarbonyl (C=S) groups is 1. The van der Waals surface area contributed by atoms with Gasteiger partial charge < -0.3 is 10.2 Å². The Bertz CT molecular complexity index is 324. The van der Waals surface area contributed by atoms with E-state index in [0.29, 0.717) is 0 Å². The van der Waals surface area contributed by atoms with Gasteiger partial charge in [0.2, 0.25) is 0 Å². The second-order valence-corrected chi connectivity index (χ2v) is 4.32.